The molecular formula is C12H21N3O4. The first-order chi connectivity index (χ1) is 9.20. The SMILES string of the molecule is CCOC(=O)c1ncn(CCCOCCOC)c1N. The summed E-state index contributed by atoms with van der Waals surface area (Å²) in [4.78, 5) is 15.5. The summed E-state index contributed by atoms with van der Waals surface area (Å²) >= 11 is 0. The summed E-state index contributed by atoms with van der Waals surface area (Å²) in [5.41, 5.74) is 6.00. The Kier molecular flexibility index (Phi) is 6.91. The minimum Gasteiger partial charge on any atom is -0.461 e. The van der Waals surface area contributed by atoms with Gasteiger partial charge in [-0.1, -0.05) is 0 Å². The van der Waals surface area contributed by atoms with Crippen LogP contribution in [-0.4, -0.2) is 49.1 Å². The molecule has 1 aromatic rings. The Balaban J connectivity index is 2.37. The molecule has 0 fully saturated rings. The van der Waals surface area contributed by atoms with Crippen molar-refractivity contribution in [1.82, 2.24) is 9.55 Å². The Hall–Kier alpha value is -1.60. The zero-order chi connectivity index (χ0) is 14.1. The van der Waals surface area contributed by atoms with Gasteiger partial charge in [0.1, 0.15) is 5.82 Å². The smallest absolute Gasteiger partial charge is 0.360 e. The van der Waals surface area contributed by atoms with Crippen LogP contribution in [0.2, 0.25) is 0 Å². The molecule has 0 bridgehead atoms. The van der Waals surface area contributed by atoms with Crippen LogP contribution in [0.25, 0.3) is 0 Å². The van der Waals surface area contributed by atoms with Crippen LogP contribution in [-0.2, 0) is 20.8 Å². The third-order valence-corrected chi connectivity index (χ3v) is 2.47. The lowest BCUT2D eigenvalue weighted by atomic mass is 10.4. The largest absolute Gasteiger partial charge is 0.461 e. The number of nitrogens with zero attached hydrogens (tertiary/aromatic N) is 2. The van der Waals surface area contributed by atoms with Crippen LogP contribution in [0.3, 0.4) is 0 Å². The van der Waals surface area contributed by atoms with Crippen LogP contribution >= 0.6 is 0 Å². The van der Waals surface area contributed by atoms with E-state index in [1.165, 1.54) is 6.33 Å². The molecule has 19 heavy (non-hydrogen) atoms. The van der Waals surface area contributed by atoms with E-state index in [1.807, 2.05) is 0 Å². The molecular weight excluding hydrogens is 250 g/mol. The number of rotatable bonds is 9. The van der Waals surface area contributed by atoms with Crippen molar-refractivity contribution in [2.75, 3.05) is 39.3 Å². The number of imidazole rings is 1. The van der Waals surface area contributed by atoms with E-state index in [2.05, 4.69) is 4.98 Å². The number of hydrogen-bond acceptors (Lipinski definition) is 6. The van der Waals surface area contributed by atoms with E-state index in [4.69, 9.17) is 19.9 Å². The number of esters is 1. The number of nitrogens with two attached hydrogens (primary N) is 1. The van der Waals surface area contributed by atoms with Gasteiger partial charge in [-0.2, -0.15) is 0 Å². The number of anilines is 1. The minimum atomic E-state index is -0.491. The van der Waals surface area contributed by atoms with Crippen LogP contribution in [0.1, 0.15) is 23.8 Å². The third kappa shape index (κ3) is 4.88. The second-order valence-corrected chi connectivity index (χ2v) is 3.85. The van der Waals surface area contributed by atoms with Gasteiger partial charge in [0.2, 0.25) is 0 Å². The van der Waals surface area contributed by atoms with Crippen molar-refractivity contribution >= 4 is 11.8 Å². The highest BCUT2D eigenvalue weighted by molar-refractivity contribution is 5.92. The predicted octanol–water partition coefficient (Wildman–Crippen LogP) is 0.695. The molecule has 0 saturated carbocycles. The van der Waals surface area contributed by atoms with E-state index in [9.17, 15) is 4.79 Å². The van der Waals surface area contributed by atoms with Gasteiger partial charge in [-0.3, -0.25) is 0 Å². The average molecular weight is 271 g/mol. The van der Waals surface area contributed by atoms with Gasteiger partial charge in [0.05, 0.1) is 26.1 Å². The van der Waals surface area contributed by atoms with Gasteiger partial charge in [0.25, 0.3) is 0 Å². The van der Waals surface area contributed by atoms with E-state index < -0.39 is 5.97 Å². The number of aromatic nitrogens is 2. The summed E-state index contributed by atoms with van der Waals surface area (Å²) in [6.45, 7) is 4.45. The van der Waals surface area contributed by atoms with Crippen molar-refractivity contribution in [2.45, 2.75) is 19.9 Å². The molecule has 2 N–H and O–H groups in total. The van der Waals surface area contributed by atoms with E-state index in [-0.39, 0.29) is 5.69 Å². The highest BCUT2D eigenvalue weighted by Gasteiger charge is 2.16. The maximum absolute atomic E-state index is 11.5. The number of carbonyl (C=O) groups excluding carboxylic acids is 1. The lowest BCUT2D eigenvalue weighted by Crippen LogP contribution is -2.11. The Labute approximate surface area is 112 Å². The van der Waals surface area contributed by atoms with E-state index in [0.717, 1.165) is 6.42 Å². The van der Waals surface area contributed by atoms with Crippen LogP contribution in [0, 0.1) is 0 Å². The number of methoxy groups -OCH3 is 1. The standard InChI is InChI=1S/C12H21N3O4/c1-3-19-12(16)10-11(13)15(9-14-10)5-4-6-18-8-7-17-2/h9H,3-8,13H2,1-2H3. The lowest BCUT2D eigenvalue weighted by Gasteiger charge is -2.06. The fraction of sp³-hybridized carbons (Fsp3) is 0.667. The first kappa shape index (κ1) is 15.5. The molecule has 1 aromatic heterocycles. The molecule has 0 aromatic carbocycles. The molecule has 1 heterocycles. The summed E-state index contributed by atoms with van der Waals surface area (Å²) in [5.74, 6) is -0.162. The molecule has 7 heteroatoms. The highest BCUT2D eigenvalue weighted by atomic mass is 16.5. The molecule has 7 nitrogen and oxygen atoms in total. The fourth-order valence-electron chi connectivity index (χ4n) is 1.51. The number of aryl methyl sites for hydroxylation is 1. The van der Waals surface area contributed by atoms with Crippen molar-refractivity contribution < 1.29 is 19.0 Å². The quantitative estimate of drug-likeness (QED) is 0.525. The number of carbonyl (C=O) groups is 1. The van der Waals surface area contributed by atoms with Gasteiger partial charge < -0.3 is 24.5 Å². The topological polar surface area (TPSA) is 88.6 Å². The van der Waals surface area contributed by atoms with Crippen LogP contribution < -0.4 is 5.73 Å². The first-order valence-corrected chi connectivity index (χ1v) is 6.25. The third-order valence-electron chi connectivity index (χ3n) is 2.47. The Morgan fingerprint density at radius 3 is 2.89 bits per heavy atom. The molecule has 0 spiro atoms. The highest BCUT2D eigenvalue weighted by Crippen LogP contribution is 2.12. The van der Waals surface area contributed by atoms with E-state index in [0.29, 0.717) is 38.8 Å². The van der Waals surface area contributed by atoms with Gasteiger partial charge in [-0.05, 0) is 13.3 Å². The van der Waals surface area contributed by atoms with Crippen LogP contribution in [0.4, 0.5) is 5.82 Å². The zero-order valence-electron chi connectivity index (χ0n) is 11.4. The molecule has 0 unspecified atom stereocenters. The summed E-state index contributed by atoms with van der Waals surface area (Å²) in [7, 11) is 1.63. The predicted molar refractivity (Wildman–Crippen MR) is 69.9 cm³/mol. The molecule has 1 rings (SSSR count). The molecule has 0 aliphatic heterocycles. The summed E-state index contributed by atoms with van der Waals surface area (Å²) in [6, 6.07) is 0. The Morgan fingerprint density at radius 2 is 2.21 bits per heavy atom. The van der Waals surface area contributed by atoms with Crippen LogP contribution in [0.5, 0.6) is 0 Å². The lowest BCUT2D eigenvalue weighted by molar-refractivity contribution is 0.0521. The maximum Gasteiger partial charge on any atom is 0.360 e. The monoisotopic (exact) mass is 271 g/mol. The summed E-state index contributed by atoms with van der Waals surface area (Å²) in [6.07, 6.45) is 2.32. The van der Waals surface area contributed by atoms with Crippen molar-refractivity contribution in [3.63, 3.8) is 0 Å². The average Bonchev–Trinajstić information content (AvgIpc) is 2.75. The molecule has 0 aliphatic rings. The Morgan fingerprint density at radius 1 is 1.42 bits per heavy atom. The van der Waals surface area contributed by atoms with Gasteiger partial charge in [0.15, 0.2) is 5.69 Å². The molecule has 108 valence electrons. The van der Waals surface area contributed by atoms with E-state index in [1.54, 1.807) is 18.6 Å². The second kappa shape index (κ2) is 8.49. The fourth-order valence-corrected chi connectivity index (χ4v) is 1.51. The van der Waals surface area contributed by atoms with Gasteiger partial charge in [-0.25, -0.2) is 9.78 Å². The molecule has 0 amide bonds. The second-order valence-electron chi connectivity index (χ2n) is 3.85. The summed E-state index contributed by atoms with van der Waals surface area (Å²) < 4.78 is 16.8. The minimum absolute atomic E-state index is 0.169. The normalized spacial score (nSPS) is 10.6. The van der Waals surface area contributed by atoms with Crippen LogP contribution in [0.15, 0.2) is 6.33 Å². The van der Waals surface area contributed by atoms with Gasteiger partial charge in [-0.15, -0.1) is 0 Å². The summed E-state index contributed by atoms with van der Waals surface area (Å²) in [5, 5.41) is 0. The molecule has 0 radical (unpaired) electrons. The van der Waals surface area contributed by atoms with Crippen molar-refractivity contribution in [3.8, 4) is 0 Å². The Bertz CT molecular complexity index is 392. The molecule has 0 atom stereocenters. The zero-order valence-corrected chi connectivity index (χ0v) is 11.4. The molecule has 0 saturated heterocycles. The van der Waals surface area contributed by atoms with Gasteiger partial charge >= 0.3 is 5.97 Å². The van der Waals surface area contributed by atoms with Gasteiger partial charge in [0, 0.05) is 20.3 Å². The maximum atomic E-state index is 11.5. The first-order valence-electron chi connectivity index (χ1n) is 6.25. The van der Waals surface area contributed by atoms with Crippen molar-refractivity contribution in [1.29, 1.82) is 0 Å². The van der Waals surface area contributed by atoms with Crippen molar-refractivity contribution in [3.05, 3.63) is 12.0 Å². The number of hydrogen-bond donors (Lipinski definition) is 1. The number of nitrogen functional groups attached to an aromatic ring is 1. The number of ether oxygens (including phenoxy) is 3. The van der Waals surface area contributed by atoms with E-state index >= 15 is 0 Å². The van der Waals surface area contributed by atoms with Crippen molar-refractivity contribution in [2.24, 2.45) is 0 Å². The molecule has 0 aliphatic carbocycles.